The Morgan fingerprint density at radius 3 is 2.74 bits per heavy atom. The van der Waals surface area contributed by atoms with E-state index >= 15 is 0 Å². The molecule has 9 nitrogen and oxygen atoms in total. The molecule has 0 aliphatic carbocycles. The van der Waals surface area contributed by atoms with Crippen LogP contribution in [0.1, 0.15) is 24.2 Å². The van der Waals surface area contributed by atoms with Gasteiger partial charge < -0.3 is 10.5 Å². The van der Waals surface area contributed by atoms with Gasteiger partial charge in [0.25, 0.3) is 10.0 Å². The average Bonchev–Trinajstić information content (AvgIpc) is 2.78. The standard InChI is InChI=1S/C9H14N4O5S/c1-3-18-9(15)6-4-11-12-8(6)19(16,17)13-5(2)7(10)14/h4-5,13H,3H2,1-2H3,(H2,10,14)(H,11,12). The monoisotopic (exact) mass is 290 g/mol. The van der Waals surface area contributed by atoms with Gasteiger partial charge in [-0.3, -0.25) is 9.89 Å². The van der Waals surface area contributed by atoms with E-state index in [9.17, 15) is 18.0 Å². The molecule has 0 aromatic carbocycles. The number of hydrogen-bond donors (Lipinski definition) is 3. The van der Waals surface area contributed by atoms with Gasteiger partial charge in [0.1, 0.15) is 5.56 Å². The number of esters is 1. The van der Waals surface area contributed by atoms with Crippen molar-refractivity contribution < 1.29 is 22.7 Å². The Bertz CT molecular complexity index is 579. The van der Waals surface area contributed by atoms with Crippen molar-refractivity contribution in [2.24, 2.45) is 5.73 Å². The molecule has 10 heteroatoms. The second kappa shape index (κ2) is 5.80. The van der Waals surface area contributed by atoms with Gasteiger partial charge in [-0.15, -0.1) is 0 Å². The number of primary amides is 1. The fourth-order valence-electron chi connectivity index (χ4n) is 1.18. The summed E-state index contributed by atoms with van der Waals surface area (Å²) in [7, 11) is -4.12. The van der Waals surface area contributed by atoms with Gasteiger partial charge in [-0.05, 0) is 13.8 Å². The van der Waals surface area contributed by atoms with E-state index in [1.54, 1.807) is 6.92 Å². The van der Waals surface area contributed by atoms with Crippen LogP contribution in [0.4, 0.5) is 0 Å². The molecule has 1 unspecified atom stereocenters. The zero-order chi connectivity index (χ0) is 14.6. The number of carbonyl (C=O) groups is 2. The normalized spacial score (nSPS) is 12.9. The van der Waals surface area contributed by atoms with Crippen LogP contribution in [0.3, 0.4) is 0 Å². The number of rotatable bonds is 6. The molecular formula is C9H14N4O5S. The molecule has 4 N–H and O–H groups in total. The number of nitrogens with zero attached hydrogens (tertiary/aromatic N) is 1. The van der Waals surface area contributed by atoms with Gasteiger partial charge in [0.05, 0.1) is 18.8 Å². The molecule has 0 bridgehead atoms. The number of sulfonamides is 1. The van der Waals surface area contributed by atoms with E-state index < -0.39 is 33.0 Å². The van der Waals surface area contributed by atoms with Crippen molar-refractivity contribution >= 4 is 21.9 Å². The second-order valence-corrected chi connectivity index (χ2v) is 5.23. The maximum Gasteiger partial charge on any atom is 0.342 e. The van der Waals surface area contributed by atoms with E-state index in [1.807, 2.05) is 4.72 Å². The minimum absolute atomic E-state index is 0.0919. The Hall–Kier alpha value is -1.94. The Balaban J connectivity index is 3.06. The van der Waals surface area contributed by atoms with Crippen LogP contribution in [0.25, 0.3) is 0 Å². The minimum atomic E-state index is -4.12. The third kappa shape index (κ3) is 3.51. The van der Waals surface area contributed by atoms with E-state index in [-0.39, 0.29) is 12.2 Å². The minimum Gasteiger partial charge on any atom is -0.462 e. The smallest absolute Gasteiger partial charge is 0.342 e. The molecule has 1 amide bonds. The van der Waals surface area contributed by atoms with Gasteiger partial charge in [0, 0.05) is 0 Å². The van der Waals surface area contributed by atoms with Crippen molar-refractivity contribution in [1.29, 1.82) is 0 Å². The first-order valence-electron chi connectivity index (χ1n) is 5.31. The number of aromatic nitrogens is 2. The molecule has 0 spiro atoms. The average molecular weight is 290 g/mol. The summed E-state index contributed by atoms with van der Waals surface area (Å²) in [5, 5.41) is 5.19. The molecular weight excluding hydrogens is 276 g/mol. The second-order valence-electron chi connectivity index (χ2n) is 3.58. The lowest BCUT2D eigenvalue weighted by atomic mass is 10.4. The van der Waals surface area contributed by atoms with Gasteiger partial charge in [-0.25, -0.2) is 13.2 Å². The van der Waals surface area contributed by atoms with Crippen LogP contribution in [0, 0.1) is 0 Å². The number of aromatic amines is 1. The predicted molar refractivity (Wildman–Crippen MR) is 63.5 cm³/mol. The summed E-state index contributed by atoms with van der Waals surface area (Å²) in [6.07, 6.45) is 1.03. The highest BCUT2D eigenvalue weighted by Gasteiger charge is 2.28. The zero-order valence-corrected chi connectivity index (χ0v) is 11.2. The maximum atomic E-state index is 11.9. The Morgan fingerprint density at radius 1 is 1.58 bits per heavy atom. The van der Waals surface area contributed by atoms with E-state index in [4.69, 9.17) is 10.5 Å². The van der Waals surface area contributed by atoms with Crippen molar-refractivity contribution in [2.45, 2.75) is 24.9 Å². The number of H-pyrrole nitrogens is 1. The van der Waals surface area contributed by atoms with Gasteiger partial charge in [-0.1, -0.05) is 0 Å². The van der Waals surface area contributed by atoms with Crippen LogP contribution in [0.15, 0.2) is 11.2 Å². The van der Waals surface area contributed by atoms with Crippen LogP contribution < -0.4 is 10.5 Å². The molecule has 1 rings (SSSR count). The molecule has 0 radical (unpaired) electrons. The fourth-order valence-corrected chi connectivity index (χ4v) is 2.48. The number of carbonyl (C=O) groups excluding carboxylic acids is 2. The first-order valence-corrected chi connectivity index (χ1v) is 6.80. The number of nitrogens with one attached hydrogen (secondary N) is 2. The highest BCUT2D eigenvalue weighted by atomic mass is 32.2. The zero-order valence-electron chi connectivity index (χ0n) is 10.3. The Labute approximate surface area is 109 Å². The van der Waals surface area contributed by atoms with Crippen LogP contribution in [-0.2, 0) is 19.6 Å². The highest BCUT2D eigenvalue weighted by molar-refractivity contribution is 7.89. The molecule has 0 fully saturated rings. The van der Waals surface area contributed by atoms with Crippen LogP contribution in [-0.4, -0.2) is 43.1 Å². The van der Waals surface area contributed by atoms with Gasteiger partial charge in [0.15, 0.2) is 5.03 Å². The Morgan fingerprint density at radius 2 is 2.21 bits per heavy atom. The van der Waals surface area contributed by atoms with Crippen molar-refractivity contribution in [3.05, 3.63) is 11.8 Å². The van der Waals surface area contributed by atoms with Crippen molar-refractivity contribution in [2.75, 3.05) is 6.61 Å². The molecule has 106 valence electrons. The lowest BCUT2D eigenvalue weighted by molar-refractivity contribution is -0.119. The molecule has 19 heavy (non-hydrogen) atoms. The van der Waals surface area contributed by atoms with Crippen molar-refractivity contribution in [3.63, 3.8) is 0 Å². The summed E-state index contributed by atoms with van der Waals surface area (Å²) in [6.45, 7) is 2.95. The van der Waals surface area contributed by atoms with Gasteiger partial charge in [-0.2, -0.15) is 9.82 Å². The first kappa shape index (κ1) is 15.1. The molecule has 1 atom stereocenters. The predicted octanol–water partition coefficient (Wildman–Crippen LogP) is -1.26. The molecule has 0 saturated heterocycles. The summed E-state index contributed by atoms with van der Waals surface area (Å²) in [6, 6.07) is -1.12. The third-order valence-corrected chi connectivity index (χ3v) is 3.64. The van der Waals surface area contributed by atoms with Gasteiger partial charge >= 0.3 is 5.97 Å². The van der Waals surface area contributed by atoms with Crippen LogP contribution in [0.5, 0.6) is 0 Å². The fraction of sp³-hybridized carbons (Fsp3) is 0.444. The maximum absolute atomic E-state index is 11.9. The van der Waals surface area contributed by atoms with E-state index in [0.717, 1.165) is 6.20 Å². The lowest BCUT2D eigenvalue weighted by Gasteiger charge is -2.10. The van der Waals surface area contributed by atoms with E-state index in [1.165, 1.54) is 6.92 Å². The molecule has 1 aromatic rings. The quantitative estimate of drug-likeness (QED) is 0.557. The van der Waals surface area contributed by atoms with Crippen LogP contribution >= 0.6 is 0 Å². The summed E-state index contributed by atoms with van der Waals surface area (Å²) < 4.78 is 30.6. The van der Waals surface area contributed by atoms with E-state index in [2.05, 4.69) is 10.2 Å². The molecule has 0 aliphatic heterocycles. The van der Waals surface area contributed by atoms with Crippen LogP contribution in [0.2, 0.25) is 0 Å². The third-order valence-electron chi connectivity index (χ3n) is 2.13. The molecule has 1 heterocycles. The SMILES string of the molecule is CCOC(=O)c1cn[nH]c1S(=O)(=O)NC(C)C(N)=O. The highest BCUT2D eigenvalue weighted by Crippen LogP contribution is 2.13. The first-order chi connectivity index (χ1) is 8.79. The molecule has 0 saturated carbocycles. The Kier molecular flexibility index (Phi) is 4.62. The van der Waals surface area contributed by atoms with Crippen molar-refractivity contribution in [1.82, 2.24) is 14.9 Å². The number of hydrogen-bond acceptors (Lipinski definition) is 6. The summed E-state index contributed by atoms with van der Waals surface area (Å²) in [5.74, 6) is -1.68. The summed E-state index contributed by atoms with van der Waals surface area (Å²) in [4.78, 5) is 22.4. The largest absolute Gasteiger partial charge is 0.462 e. The number of nitrogens with two attached hydrogens (primary N) is 1. The summed E-state index contributed by atoms with van der Waals surface area (Å²) >= 11 is 0. The molecule has 1 aromatic heterocycles. The number of amides is 1. The van der Waals surface area contributed by atoms with Crippen molar-refractivity contribution in [3.8, 4) is 0 Å². The summed E-state index contributed by atoms with van der Waals surface area (Å²) in [5.41, 5.74) is 4.71. The number of ether oxygens (including phenoxy) is 1. The topological polar surface area (TPSA) is 144 Å². The van der Waals surface area contributed by atoms with E-state index in [0.29, 0.717) is 0 Å². The molecule has 0 aliphatic rings. The lowest BCUT2D eigenvalue weighted by Crippen LogP contribution is -2.42. The van der Waals surface area contributed by atoms with Gasteiger partial charge in [0.2, 0.25) is 5.91 Å².